The van der Waals surface area contributed by atoms with Gasteiger partial charge in [0.15, 0.2) is 0 Å². The summed E-state index contributed by atoms with van der Waals surface area (Å²) in [6.07, 6.45) is 4.51. The summed E-state index contributed by atoms with van der Waals surface area (Å²) in [6, 6.07) is 1.10. The van der Waals surface area contributed by atoms with Gasteiger partial charge in [-0.15, -0.1) is 0 Å². The monoisotopic (exact) mass is 242 g/mol. The number of pyridine rings is 1. The fraction of sp³-hybridized carbons (Fsp3) is 0.455. The smallest absolute Gasteiger partial charge is 0.254 e. The van der Waals surface area contributed by atoms with Gasteiger partial charge in [-0.2, -0.15) is 0 Å². The maximum atomic E-state index is 12.9. The lowest BCUT2D eigenvalue weighted by atomic mass is 9.85. The number of halogens is 2. The molecule has 1 aliphatic carbocycles. The Bertz CT molecular complexity index is 407. The number of hydrogen-bond acceptors (Lipinski definition) is 2. The lowest BCUT2D eigenvalue weighted by Crippen LogP contribution is -2.32. The molecule has 1 aliphatic rings. The maximum Gasteiger partial charge on any atom is 0.254 e. The van der Waals surface area contributed by atoms with Gasteiger partial charge >= 0.3 is 0 Å². The zero-order chi connectivity index (χ0) is 11.5. The zero-order valence-electron chi connectivity index (χ0n) is 8.67. The fourth-order valence-electron chi connectivity index (χ4n) is 1.61. The van der Waals surface area contributed by atoms with Crippen molar-refractivity contribution in [2.45, 2.75) is 19.3 Å². The van der Waals surface area contributed by atoms with Gasteiger partial charge in [0.2, 0.25) is 0 Å². The van der Waals surface area contributed by atoms with E-state index in [2.05, 4.69) is 10.3 Å². The molecule has 0 aliphatic heterocycles. The Labute approximate surface area is 98.0 Å². The predicted octanol–water partition coefficient (Wildman–Crippen LogP) is 2.40. The average Bonchev–Trinajstić information content (AvgIpc) is 2.19. The van der Waals surface area contributed by atoms with Crippen LogP contribution in [-0.4, -0.2) is 17.4 Å². The van der Waals surface area contributed by atoms with Gasteiger partial charge < -0.3 is 5.32 Å². The highest BCUT2D eigenvalue weighted by molar-refractivity contribution is 6.32. The molecule has 1 saturated carbocycles. The second-order valence-electron chi connectivity index (χ2n) is 4.00. The minimum atomic E-state index is -0.557. The van der Waals surface area contributed by atoms with Crippen LogP contribution in [0.5, 0.6) is 0 Å². The van der Waals surface area contributed by atoms with Crippen molar-refractivity contribution in [3.05, 3.63) is 28.8 Å². The second-order valence-corrected chi connectivity index (χ2v) is 4.36. The number of rotatable bonds is 3. The number of carbonyl (C=O) groups excluding carboxylic acids is 1. The molecule has 16 heavy (non-hydrogen) atoms. The standard InChI is InChI=1S/C11H12ClFN2O/c12-10-9(4-8(13)6-14-10)11(16)15-5-7-2-1-3-7/h4,6-7H,1-3,5H2,(H,15,16). The third-order valence-electron chi connectivity index (χ3n) is 2.83. The van der Waals surface area contributed by atoms with Crippen molar-refractivity contribution in [2.24, 2.45) is 5.92 Å². The zero-order valence-corrected chi connectivity index (χ0v) is 9.43. The molecule has 1 heterocycles. The van der Waals surface area contributed by atoms with E-state index in [-0.39, 0.29) is 16.6 Å². The van der Waals surface area contributed by atoms with Crippen LogP contribution < -0.4 is 5.32 Å². The topological polar surface area (TPSA) is 42.0 Å². The molecule has 1 N–H and O–H groups in total. The van der Waals surface area contributed by atoms with Crippen LogP contribution in [0, 0.1) is 11.7 Å². The largest absolute Gasteiger partial charge is 0.352 e. The van der Waals surface area contributed by atoms with Crippen LogP contribution in [0.25, 0.3) is 0 Å². The van der Waals surface area contributed by atoms with Crippen molar-refractivity contribution >= 4 is 17.5 Å². The summed E-state index contributed by atoms with van der Waals surface area (Å²) in [5.41, 5.74) is 0.0981. The molecule has 86 valence electrons. The van der Waals surface area contributed by atoms with Crippen LogP contribution in [0.4, 0.5) is 4.39 Å². The number of nitrogens with one attached hydrogen (secondary N) is 1. The molecule has 5 heteroatoms. The summed E-state index contributed by atoms with van der Waals surface area (Å²) < 4.78 is 12.9. The molecule has 1 fully saturated rings. The van der Waals surface area contributed by atoms with E-state index < -0.39 is 5.82 Å². The van der Waals surface area contributed by atoms with Gasteiger partial charge in [0.05, 0.1) is 11.8 Å². The van der Waals surface area contributed by atoms with E-state index in [0.717, 1.165) is 25.1 Å². The third-order valence-corrected chi connectivity index (χ3v) is 3.13. The van der Waals surface area contributed by atoms with E-state index in [1.807, 2.05) is 0 Å². The predicted molar refractivity (Wildman–Crippen MR) is 58.9 cm³/mol. The maximum absolute atomic E-state index is 12.9. The first-order valence-electron chi connectivity index (χ1n) is 5.26. The molecule has 0 unspecified atom stereocenters. The molecule has 0 spiro atoms. The molecule has 1 amide bonds. The molecule has 0 aromatic carbocycles. The van der Waals surface area contributed by atoms with Gasteiger partial charge in [-0.3, -0.25) is 4.79 Å². The number of aromatic nitrogens is 1. The Morgan fingerprint density at radius 1 is 1.62 bits per heavy atom. The molecule has 1 aromatic heterocycles. The first-order chi connectivity index (χ1) is 7.66. The SMILES string of the molecule is O=C(NCC1CCC1)c1cc(F)cnc1Cl. The van der Waals surface area contributed by atoms with E-state index in [0.29, 0.717) is 12.5 Å². The lowest BCUT2D eigenvalue weighted by Gasteiger charge is -2.25. The van der Waals surface area contributed by atoms with Gasteiger partial charge in [0.25, 0.3) is 5.91 Å². The van der Waals surface area contributed by atoms with Crippen LogP contribution in [0.1, 0.15) is 29.6 Å². The Kier molecular flexibility index (Phi) is 3.39. The number of carbonyl (C=O) groups is 1. The summed E-state index contributed by atoms with van der Waals surface area (Å²) >= 11 is 5.72. The molecule has 3 nitrogen and oxygen atoms in total. The third kappa shape index (κ3) is 2.50. The lowest BCUT2D eigenvalue weighted by molar-refractivity contribution is 0.0938. The normalized spacial score (nSPS) is 15.6. The molecule has 0 atom stereocenters. The van der Waals surface area contributed by atoms with Crippen LogP contribution in [0.15, 0.2) is 12.3 Å². The Morgan fingerprint density at radius 3 is 3.00 bits per heavy atom. The number of nitrogens with zero attached hydrogens (tertiary/aromatic N) is 1. The van der Waals surface area contributed by atoms with Gasteiger partial charge in [0.1, 0.15) is 11.0 Å². The van der Waals surface area contributed by atoms with Crippen molar-refractivity contribution in [3.63, 3.8) is 0 Å². The molecule has 1 aromatic rings. The highest BCUT2D eigenvalue weighted by Crippen LogP contribution is 2.25. The first-order valence-corrected chi connectivity index (χ1v) is 5.64. The fourth-order valence-corrected chi connectivity index (χ4v) is 1.80. The van der Waals surface area contributed by atoms with Crippen LogP contribution in [0.3, 0.4) is 0 Å². The van der Waals surface area contributed by atoms with Crippen molar-refractivity contribution in [1.29, 1.82) is 0 Å². The van der Waals surface area contributed by atoms with Crippen LogP contribution in [0.2, 0.25) is 5.15 Å². The van der Waals surface area contributed by atoms with Crippen molar-refractivity contribution in [2.75, 3.05) is 6.54 Å². The van der Waals surface area contributed by atoms with Gasteiger partial charge in [-0.05, 0) is 24.8 Å². The quantitative estimate of drug-likeness (QED) is 0.827. The van der Waals surface area contributed by atoms with E-state index in [4.69, 9.17) is 11.6 Å². The summed E-state index contributed by atoms with van der Waals surface area (Å²) in [5, 5.41) is 2.77. The van der Waals surface area contributed by atoms with Crippen molar-refractivity contribution in [3.8, 4) is 0 Å². The highest BCUT2D eigenvalue weighted by Gasteiger charge is 2.19. The summed E-state index contributed by atoms with van der Waals surface area (Å²) in [5.74, 6) is -0.355. The van der Waals surface area contributed by atoms with Crippen LogP contribution >= 0.6 is 11.6 Å². The first kappa shape index (κ1) is 11.3. The van der Waals surface area contributed by atoms with E-state index in [9.17, 15) is 9.18 Å². The minimum Gasteiger partial charge on any atom is -0.352 e. The second kappa shape index (κ2) is 4.78. The Balaban J connectivity index is 1.99. The van der Waals surface area contributed by atoms with Gasteiger partial charge in [0, 0.05) is 6.54 Å². The number of amides is 1. The number of hydrogen-bond donors (Lipinski definition) is 1. The highest BCUT2D eigenvalue weighted by atomic mass is 35.5. The van der Waals surface area contributed by atoms with E-state index in [1.165, 1.54) is 6.42 Å². The van der Waals surface area contributed by atoms with Crippen molar-refractivity contribution < 1.29 is 9.18 Å². The molecule has 2 rings (SSSR count). The molecule has 0 saturated heterocycles. The van der Waals surface area contributed by atoms with Gasteiger partial charge in [-0.1, -0.05) is 18.0 Å². The summed E-state index contributed by atoms with van der Waals surface area (Å²) in [6.45, 7) is 0.631. The molecular formula is C11H12ClFN2O. The molecule has 0 radical (unpaired) electrons. The van der Waals surface area contributed by atoms with E-state index in [1.54, 1.807) is 0 Å². The summed E-state index contributed by atoms with van der Waals surface area (Å²) in [7, 11) is 0. The molecule has 0 bridgehead atoms. The minimum absolute atomic E-state index is 0.0347. The molecular weight excluding hydrogens is 231 g/mol. The average molecular weight is 243 g/mol. The van der Waals surface area contributed by atoms with Gasteiger partial charge in [-0.25, -0.2) is 9.37 Å². The van der Waals surface area contributed by atoms with E-state index >= 15 is 0 Å². The Hall–Kier alpha value is -1.16. The van der Waals surface area contributed by atoms with Crippen molar-refractivity contribution in [1.82, 2.24) is 10.3 Å². The Morgan fingerprint density at radius 2 is 2.38 bits per heavy atom. The van der Waals surface area contributed by atoms with Crippen LogP contribution in [-0.2, 0) is 0 Å². The summed E-state index contributed by atoms with van der Waals surface area (Å²) in [4.78, 5) is 15.3.